The SMILES string of the molecule is Cc1ccc(NC(=S)Nc2cccc(S(=O)(=O)Nc3ccccc3Cl)c2)cc1. The molecule has 28 heavy (non-hydrogen) atoms. The molecule has 0 amide bonds. The summed E-state index contributed by atoms with van der Waals surface area (Å²) in [6, 6.07) is 20.8. The molecule has 0 heterocycles. The van der Waals surface area contributed by atoms with Crippen LogP contribution in [0.4, 0.5) is 17.1 Å². The maximum atomic E-state index is 12.7. The molecular weight excluding hydrogens is 414 g/mol. The van der Waals surface area contributed by atoms with Gasteiger partial charge in [-0.1, -0.05) is 47.5 Å². The van der Waals surface area contributed by atoms with Crippen molar-refractivity contribution in [2.75, 3.05) is 15.4 Å². The minimum absolute atomic E-state index is 0.0931. The third-order valence-electron chi connectivity index (χ3n) is 3.83. The Balaban J connectivity index is 1.73. The molecule has 3 aromatic rings. The zero-order valence-electron chi connectivity index (χ0n) is 14.9. The van der Waals surface area contributed by atoms with Crippen LogP contribution in [-0.2, 0) is 10.0 Å². The average Bonchev–Trinajstić information content (AvgIpc) is 2.65. The molecule has 0 saturated heterocycles. The van der Waals surface area contributed by atoms with Gasteiger partial charge in [0.05, 0.1) is 15.6 Å². The fourth-order valence-corrected chi connectivity index (χ4v) is 4.02. The number of nitrogens with one attached hydrogen (secondary N) is 3. The predicted molar refractivity (Wildman–Crippen MR) is 120 cm³/mol. The van der Waals surface area contributed by atoms with Crippen LogP contribution in [0.3, 0.4) is 0 Å². The summed E-state index contributed by atoms with van der Waals surface area (Å²) in [7, 11) is -3.80. The lowest BCUT2D eigenvalue weighted by Gasteiger charge is -2.13. The van der Waals surface area contributed by atoms with Crippen molar-refractivity contribution in [1.82, 2.24) is 0 Å². The Hall–Kier alpha value is -2.61. The van der Waals surface area contributed by atoms with Crippen molar-refractivity contribution in [1.29, 1.82) is 0 Å². The van der Waals surface area contributed by atoms with Crippen molar-refractivity contribution < 1.29 is 8.42 Å². The number of halogens is 1. The molecule has 0 unspecified atom stereocenters. The summed E-state index contributed by atoms with van der Waals surface area (Å²) >= 11 is 11.3. The molecule has 0 aliphatic carbocycles. The third kappa shape index (κ3) is 5.22. The van der Waals surface area contributed by atoms with E-state index in [0.717, 1.165) is 11.3 Å². The molecule has 3 aromatic carbocycles. The fourth-order valence-electron chi connectivity index (χ4n) is 2.42. The van der Waals surface area contributed by atoms with E-state index in [1.807, 2.05) is 31.2 Å². The van der Waals surface area contributed by atoms with E-state index in [-0.39, 0.29) is 4.90 Å². The highest BCUT2D eigenvalue weighted by atomic mass is 35.5. The van der Waals surface area contributed by atoms with Gasteiger partial charge in [-0.2, -0.15) is 0 Å². The second-order valence-corrected chi connectivity index (χ2v) is 8.56. The standard InChI is InChI=1S/C20H18ClN3O2S2/c1-14-9-11-15(12-10-14)22-20(27)23-16-5-4-6-17(13-16)28(25,26)24-19-8-3-2-7-18(19)21/h2-13,24H,1H3,(H2,22,23,27). The van der Waals surface area contributed by atoms with Crippen molar-refractivity contribution in [2.45, 2.75) is 11.8 Å². The van der Waals surface area contributed by atoms with Gasteiger partial charge in [0.15, 0.2) is 5.11 Å². The Labute approximate surface area is 174 Å². The maximum absolute atomic E-state index is 12.7. The first kappa shape index (κ1) is 20.1. The lowest BCUT2D eigenvalue weighted by atomic mass is 10.2. The quantitative estimate of drug-likeness (QED) is 0.481. The highest BCUT2D eigenvalue weighted by molar-refractivity contribution is 7.92. The largest absolute Gasteiger partial charge is 0.332 e. The summed E-state index contributed by atoms with van der Waals surface area (Å²) in [6.07, 6.45) is 0. The van der Waals surface area contributed by atoms with Gasteiger partial charge in [-0.05, 0) is 61.6 Å². The topological polar surface area (TPSA) is 70.2 Å². The predicted octanol–water partition coefficient (Wildman–Crippen LogP) is 5.26. The maximum Gasteiger partial charge on any atom is 0.262 e. The van der Waals surface area contributed by atoms with E-state index >= 15 is 0 Å². The number of aryl methyl sites for hydroxylation is 1. The number of sulfonamides is 1. The van der Waals surface area contributed by atoms with Crippen LogP contribution >= 0.6 is 23.8 Å². The van der Waals surface area contributed by atoms with Crippen LogP contribution < -0.4 is 15.4 Å². The second kappa shape index (κ2) is 8.60. The van der Waals surface area contributed by atoms with Crippen LogP contribution in [0, 0.1) is 6.92 Å². The molecule has 0 atom stereocenters. The van der Waals surface area contributed by atoms with E-state index in [9.17, 15) is 8.42 Å². The first-order chi connectivity index (χ1) is 13.3. The van der Waals surface area contributed by atoms with Crippen LogP contribution in [0.1, 0.15) is 5.56 Å². The highest BCUT2D eigenvalue weighted by Gasteiger charge is 2.16. The normalized spacial score (nSPS) is 10.9. The number of benzene rings is 3. The molecular formula is C20H18ClN3O2S2. The van der Waals surface area contributed by atoms with E-state index in [4.69, 9.17) is 23.8 Å². The zero-order chi connectivity index (χ0) is 20.1. The van der Waals surface area contributed by atoms with E-state index in [1.165, 1.54) is 12.1 Å². The zero-order valence-corrected chi connectivity index (χ0v) is 17.3. The highest BCUT2D eigenvalue weighted by Crippen LogP contribution is 2.25. The van der Waals surface area contributed by atoms with Gasteiger partial charge < -0.3 is 10.6 Å². The molecule has 0 spiro atoms. The average molecular weight is 432 g/mol. The van der Waals surface area contributed by atoms with Crippen molar-refractivity contribution in [3.05, 3.63) is 83.4 Å². The molecule has 144 valence electrons. The molecule has 0 bridgehead atoms. The van der Waals surface area contributed by atoms with Gasteiger partial charge in [-0.25, -0.2) is 8.42 Å². The van der Waals surface area contributed by atoms with Crippen LogP contribution in [0.25, 0.3) is 0 Å². The number of hydrogen-bond acceptors (Lipinski definition) is 3. The van der Waals surface area contributed by atoms with Gasteiger partial charge in [-0.15, -0.1) is 0 Å². The van der Waals surface area contributed by atoms with E-state index in [2.05, 4.69) is 15.4 Å². The summed E-state index contributed by atoms with van der Waals surface area (Å²) in [4.78, 5) is 0.0931. The van der Waals surface area contributed by atoms with Gasteiger partial charge in [-0.3, -0.25) is 4.72 Å². The number of hydrogen-bond donors (Lipinski definition) is 3. The van der Waals surface area contributed by atoms with Gasteiger partial charge in [0.25, 0.3) is 10.0 Å². The van der Waals surface area contributed by atoms with Crippen LogP contribution in [0.15, 0.2) is 77.7 Å². The third-order valence-corrected chi connectivity index (χ3v) is 5.73. The van der Waals surface area contributed by atoms with E-state index in [1.54, 1.807) is 36.4 Å². The molecule has 0 aliphatic heterocycles. The van der Waals surface area contributed by atoms with Gasteiger partial charge in [0.1, 0.15) is 0 Å². The number of rotatable bonds is 5. The van der Waals surface area contributed by atoms with Gasteiger partial charge >= 0.3 is 0 Å². The van der Waals surface area contributed by atoms with E-state index < -0.39 is 10.0 Å². The Morgan fingerprint density at radius 2 is 1.57 bits per heavy atom. The van der Waals surface area contributed by atoms with Crippen LogP contribution in [-0.4, -0.2) is 13.5 Å². The molecule has 0 aromatic heterocycles. The summed E-state index contributed by atoms with van der Waals surface area (Å²) in [6.45, 7) is 2.00. The van der Waals surface area contributed by atoms with Crippen molar-refractivity contribution >= 4 is 56.0 Å². The number of para-hydroxylation sites is 1. The Morgan fingerprint density at radius 1 is 0.893 bits per heavy atom. The summed E-state index contributed by atoms with van der Waals surface area (Å²) < 4.78 is 27.8. The van der Waals surface area contributed by atoms with Crippen molar-refractivity contribution in [2.24, 2.45) is 0 Å². The van der Waals surface area contributed by atoms with Gasteiger partial charge in [0, 0.05) is 11.4 Å². The molecule has 0 radical (unpaired) electrons. The second-order valence-electron chi connectivity index (χ2n) is 6.06. The monoisotopic (exact) mass is 431 g/mol. The molecule has 0 fully saturated rings. The first-order valence-electron chi connectivity index (χ1n) is 8.35. The minimum atomic E-state index is -3.80. The van der Waals surface area contributed by atoms with E-state index in [0.29, 0.717) is 21.5 Å². The fraction of sp³-hybridized carbons (Fsp3) is 0.0500. The van der Waals surface area contributed by atoms with Crippen LogP contribution in [0.2, 0.25) is 5.02 Å². The Bertz CT molecular complexity index is 1100. The smallest absolute Gasteiger partial charge is 0.262 e. The molecule has 0 aliphatic rings. The lowest BCUT2D eigenvalue weighted by molar-refractivity contribution is 0.601. The molecule has 0 saturated carbocycles. The number of anilines is 3. The van der Waals surface area contributed by atoms with Crippen molar-refractivity contribution in [3.8, 4) is 0 Å². The Kier molecular flexibility index (Phi) is 6.18. The van der Waals surface area contributed by atoms with Crippen molar-refractivity contribution in [3.63, 3.8) is 0 Å². The van der Waals surface area contributed by atoms with Gasteiger partial charge in [0.2, 0.25) is 0 Å². The summed E-state index contributed by atoms with van der Waals surface area (Å²) in [5, 5.41) is 6.74. The molecule has 3 N–H and O–H groups in total. The van der Waals surface area contributed by atoms with Crippen LogP contribution in [0.5, 0.6) is 0 Å². The molecule has 8 heteroatoms. The molecule has 5 nitrogen and oxygen atoms in total. The summed E-state index contributed by atoms with van der Waals surface area (Å²) in [5.74, 6) is 0. The molecule has 3 rings (SSSR count). The minimum Gasteiger partial charge on any atom is -0.332 e. The lowest BCUT2D eigenvalue weighted by Crippen LogP contribution is -2.19. The Morgan fingerprint density at radius 3 is 2.29 bits per heavy atom. The number of thiocarbonyl (C=S) groups is 1. The summed E-state index contributed by atoms with van der Waals surface area (Å²) in [5.41, 5.74) is 2.85. The first-order valence-corrected chi connectivity index (χ1v) is 10.6.